The highest BCUT2D eigenvalue weighted by molar-refractivity contribution is 5.83. The third-order valence-corrected chi connectivity index (χ3v) is 9.14. The zero-order chi connectivity index (χ0) is 38.4. The quantitative estimate of drug-likeness (QED) is 0.0977. The zero-order valence-electron chi connectivity index (χ0n) is 30.7. The molecule has 2 fully saturated rings. The van der Waals surface area contributed by atoms with E-state index in [1.807, 2.05) is 170 Å². The molecule has 2 aliphatic heterocycles. The molecule has 0 spiro atoms. The summed E-state index contributed by atoms with van der Waals surface area (Å²) in [4.78, 5) is 20.2. The van der Waals surface area contributed by atoms with Crippen LogP contribution < -0.4 is 20.4 Å². The number of benzene rings is 6. The smallest absolute Gasteiger partial charge is 0.127 e. The summed E-state index contributed by atoms with van der Waals surface area (Å²) in [5.74, 6) is 4.65. The number of amidine groups is 2. The van der Waals surface area contributed by atoms with Gasteiger partial charge in [0.15, 0.2) is 0 Å². The van der Waals surface area contributed by atoms with Gasteiger partial charge in [-0.2, -0.15) is 0 Å². The van der Waals surface area contributed by atoms with Crippen LogP contribution in [-0.4, -0.2) is 35.0 Å². The highest BCUT2D eigenvalue weighted by Gasteiger charge is 2.25. The van der Waals surface area contributed by atoms with E-state index in [0.717, 1.165) is 56.9 Å². The molecule has 10 heteroatoms. The van der Waals surface area contributed by atoms with Gasteiger partial charge in [-0.25, -0.2) is 0 Å². The maximum Gasteiger partial charge on any atom is 0.127 e. The Bertz CT molecular complexity index is 1980. The fraction of sp³-hybridized carbons (Fsp3) is 0.174. The first-order chi connectivity index (χ1) is 27.6. The molecule has 0 radical (unpaired) electrons. The molecular formula is C46H44N4O6. The van der Waals surface area contributed by atoms with Gasteiger partial charge in [0.05, 0.1) is 25.3 Å². The number of nitrogens with zero attached hydrogens (tertiary/aromatic N) is 2. The zero-order valence-corrected chi connectivity index (χ0v) is 30.7. The lowest BCUT2D eigenvalue weighted by Gasteiger charge is -2.09. The highest BCUT2D eigenvalue weighted by atomic mass is 16.7. The molecule has 2 aliphatic rings. The molecule has 6 aromatic carbocycles. The highest BCUT2D eigenvalue weighted by Crippen LogP contribution is 2.30. The van der Waals surface area contributed by atoms with E-state index in [2.05, 4.69) is 20.9 Å². The van der Waals surface area contributed by atoms with Crippen LogP contribution in [0, 0.1) is 0 Å². The second-order valence-electron chi connectivity index (χ2n) is 13.2. The van der Waals surface area contributed by atoms with Crippen LogP contribution in [0.1, 0.15) is 59.5 Å². The molecule has 0 aromatic heterocycles. The number of nitrogens with one attached hydrogen (secondary N) is 2. The standard InChI is InChI=1S/2C23H22N2O3/c2*26-21(17-7-3-1-4-8-17)16-24-23-15-22(28-25-23)18-11-13-20(14-12-18)27-19-9-5-2-6-10-19/h2*1-14,21-22,26H,15-16H2,(H,24,25)/t21-,22+;21-,22-/m11/s1. The number of rotatable bonds is 12. The van der Waals surface area contributed by atoms with Gasteiger partial charge in [0.2, 0.25) is 0 Å². The van der Waals surface area contributed by atoms with Crippen molar-refractivity contribution >= 4 is 11.7 Å². The Morgan fingerprint density at radius 1 is 0.464 bits per heavy atom. The molecule has 0 bridgehead atoms. The van der Waals surface area contributed by atoms with Crippen molar-refractivity contribution in [3.63, 3.8) is 0 Å². The maximum atomic E-state index is 10.2. The lowest BCUT2D eigenvalue weighted by molar-refractivity contribution is 0.0447. The molecule has 4 N–H and O–H groups in total. The van der Waals surface area contributed by atoms with Crippen LogP contribution in [0.3, 0.4) is 0 Å². The summed E-state index contributed by atoms with van der Waals surface area (Å²) in [7, 11) is 0. The molecule has 8 rings (SSSR count). The summed E-state index contributed by atoms with van der Waals surface area (Å²) >= 11 is 0. The molecule has 284 valence electrons. The molecule has 0 unspecified atom stereocenters. The average Bonchev–Trinajstić information content (AvgIpc) is 3.95. The Hall–Kier alpha value is -6.30. The van der Waals surface area contributed by atoms with Crippen LogP contribution in [-0.2, 0) is 9.68 Å². The summed E-state index contributed by atoms with van der Waals surface area (Å²) < 4.78 is 11.6. The van der Waals surface area contributed by atoms with E-state index in [-0.39, 0.29) is 12.2 Å². The second kappa shape index (κ2) is 19.3. The Balaban J connectivity index is 0.000000172. The van der Waals surface area contributed by atoms with Crippen molar-refractivity contribution in [3.8, 4) is 23.0 Å². The Morgan fingerprint density at radius 3 is 1.14 bits per heavy atom. The van der Waals surface area contributed by atoms with Gasteiger partial charge in [-0.05, 0) is 70.8 Å². The van der Waals surface area contributed by atoms with Gasteiger partial charge >= 0.3 is 0 Å². The van der Waals surface area contributed by atoms with E-state index in [1.165, 1.54) is 0 Å². The van der Waals surface area contributed by atoms with Crippen molar-refractivity contribution in [2.24, 2.45) is 9.98 Å². The minimum Gasteiger partial charge on any atom is -0.457 e. The number of hydroxylamine groups is 2. The molecule has 0 aliphatic carbocycles. The first-order valence-corrected chi connectivity index (χ1v) is 18.6. The summed E-state index contributed by atoms with van der Waals surface area (Å²) in [5, 5.41) is 20.5. The summed E-state index contributed by atoms with van der Waals surface area (Å²) in [6.45, 7) is 0.596. The predicted molar refractivity (Wildman–Crippen MR) is 216 cm³/mol. The minimum absolute atomic E-state index is 0.113. The number of aliphatic imine (C=N–C) groups is 2. The Kier molecular flexibility index (Phi) is 13.1. The van der Waals surface area contributed by atoms with Gasteiger partial charge in [0, 0.05) is 12.8 Å². The van der Waals surface area contributed by atoms with Gasteiger partial charge in [-0.15, -0.1) is 0 Å². The molecule has 0 amide bonds. The lowest BCUT2D eigenvalue weighted by atomic mass is 10.1. The van der Waals surface area contributed by atoms with Crippen molar-refractivity contribution in [2.45, 2.75) is 37.3 Å². The fourth-order valence-corrected chi connectivity index (χ4v) is 6.07. The van der Waals surface area contributed by atoms with Gasteiger partial charge < -0.3 is 19.7 Å². The minimum atomic E-state index is -0.621. The van der Waals surface area contributed by atoms with Crippen LogP contribution in [0.5, 0.6) is 23.0 Å². The summed E-state index contributed by atoms with van der Waals surface area (Å²) in [5.41, 5.74) is 9.55. The third-order valence-electron chi connectivity index (χ3n) is 9.14. The van der Waals surface area contributed by atoms with Gasteiger partial charge in [-0.1, -0.05) is 121 Å². The normalized spacial score (nSPS) is 18.6. The monoisotopic (exact) mass is 748 g/mol. The molecule has 0 saturated carbocycles. The predicted octanol–water partition coefficient (Wildman–Crippen LogP) is 9.15. The number of aliphatic hydroxyl groups is 2. The van der Waals surface area contributed by atoms with Crippen molar-refractivity contribution in [1.29, 1.82) is 0 Å². The number of aliphatic hydroxyl groups excluding tert-OH is 2. The van der Waals surface area contributed by atoms with E-state index in [9.17, 15) is 10.2 Å². The molecule has 2 saturated heterocycles. The third kappa shape index (κ3) is 10.9. The largest absolute Gasteiger partial charge is 0.457 e. The van der Waals surface area contributed by atoms with E-state index in [0.29, 0.717) is 25.9 Å². The number of para-hydroxylation sites is 2. The number of hydrogen-bond donors (Lipinski definition) is 4. The summed E-state index contributed by atoms with van der Waals surface area (Å²) in [6.07, 6.45) is -0.189. The Morgan fingerprint density at radius 2 is 0.786 bits per heavy atom. The first-order valence-electron chi connectivity index (χ1n) is 18.6. The fourth-order valence-electron chi connectivity index (χ4n) is 6.07. The van der Waals surface area contributed by atoms with Crippen molar-refractivity contribution in [3.05, 3.63) is 192 Å². The summed E-state index contributed by atoms with van der Waals surface area (Å²) in [6, 6.07) is 54.1. The SMILES string of the molecule is O[C@H](CN=C1C[C@@H](c2ccc(Oc3ccccc3)cc2)ON1)c1ccccc1.O[C@H](CN=C1C[C@H](c2ccc(Oc3ccccc3)cc2)ON1)c1ccccc1. The van der Waals surface area contributed by atoms with Crippen molar-refractivity contribution in [1.82, 2.24) is 11.0 Å². The molecular weight excluding hydrogens is 705 g/mol. The van der Waals surface area contributed by atoms with Crippen LogP contribution in [0.15, 0.2) is 180 Å². The molecule has 6 aromatic rings. The van der Waals surface area contributed by atoms with Crippen LogP contribution in [0.2, 0.25) is 0 Å². The van der Waals surface area contributed by atoms with Gasteiger partial charge in [0.25, 0.3) is 0 Å². The Labute approximate surface area is 326 Å². The first kappa shape index (κ1) is 38.0. The second-order valence-corrected chi connectivity index (χ2v) is 13.2. The number of hydrogen-bond acceptors (Lipinski definition) is 8. The van der Waals surface area contributed by atoms with Crippen LogP contribution >= 0.6 is 0 Å². The van der Waals surface area contributed by atoms with Crippen molar-refractivity contribution < 1.29 is 29.4 Å². The van der Waals surface area contributed by atoms with Gasteiger partial charge in [0.1, 0.15) is 46.9 Å². The molecule has 56 heavy (non-hydrogen) atoms. The van der Waals surface area contributed by atoms with E-state index >= 15 is 0 Å². The maximum absolute atomic E-state index is 10.2. The molecule has 10 nitrogen and oxygen atoms in total. The lowest BCUT2D eigenvalue weighted by Crippen LogP contribution is -2.14. The van der Waals surface area contributed by atoms with Crippen LogP contribution in [0.25, 0.3) is 0 Å². The number of ether oxygens (including phenoxy) is 2. The average molecular weight is 749 g/mol. The molecule has 2 heterocycles. The van der Waals surface area contributed by atoms with Crippen molar-refractivity contribution in [2.75, 3.05) is 13.1 Å². The molecule has 4 atom stereocenters. The van der Waals surface area contributed by atoms with E-state index in [1.54, 1.807) is 0 Å². The van der Waals surface area contributed by atoms with Crippen LogP contribution in [0.4, 0.5) is 0 Å². The van der Waals surface area contributed by atoms with Gasteiger partial charge in [-0.3, -0.25) is 30.6 Å². The van der Waals surface area contributed by atoms with E-state index < -0.39 is 12.2 Å². The topological polar surface area (TPSA) is 126 Å². The van der Waals surface area contributed by atoms with E-state index in [4.69, 9.17) is 19.1 Å².